The maximum atomic E-state index is 12.1. The van der Waals surface area contributed by atoms with E-state index in [9.17, 15) is 4.79 Å². The zero-order valence-electron chi connectivity index (χ0n) is 13.6. The molecule has 1 saturated heterocycles. The van der Waals surface area contributed by atoms with E-state index in [1.54, 1.807) is 7.05 Å². The minimum Gasteiger partial charge on any atom is -0.346 e. The highest BCUT2D eigenvalue weighted by Crippen LogP contribution is 2.30. The first-order valence-electron chi connectivity index (χ1n) is 7.65. The van der Waals surface area contributed by atoms with Crippen LogP contribution < -0.4 is 5.32 Å². The van der Waals surface area contributed by atoms with E-state index in [0.29, 0.717) is 13.0 Å². The molecule has 1 aromatic carbocycles. The summed E-state index contributed by atoms with van der Waals surface area (Å²) in [6, 6.07) is 6.08. The Morgan fingerprint density at radius 2 is 2.26 bits per heavy atom. The van der Waals surface area contributed by atoms with Crippen LogP contribution in [0.2, 0.25) is 0 Å². The van der Waals surface area contributed by atoms with Gasteiger partial charge in [0, 0.05) is 12.4 Å². The van der Waals surface area contributed by atoms with E-state index in [0.717, 1.165) is 16.5 Å². The van der Waals surface area contributed by atoms with E-state index in [1.165, 1.54) is 4.90 Å². The van der Waals surface area contributed by atoms with Crippen molar-refractivity contribution in [2.24, 2.45) is 0 Å². The van der Waals surface area contributed by atoms with Gasteiger partial charge in [-0.25, -0.2) is 0 Å². The SMILES string of the molecule is C/C=C/Cn1ncc2ccc([C@]3(C)CC(=O)N(C)C(=N)N3)cc21. The van der Waals surface area contributed by atoms with Crippen LogP contribution in [-0.4, -0.2) is 33.6 Å². The van der Waals surface area contributed by atoms with Crippen molar-refractivity contribution >= 4 is 22.8 Å². The number of hydrogen-bond acceptors (Lipinski definition) is 3. The number of rotatable bonds is 3. The average Bonchev–Trinajstić information content (AvgIpc) is 2.93. The predicted octanol–water partition coefficient (Wildman–Crippen LogP) is 2.21. The molecule has 120 valence electrons. The number of benzene rings is 1. The van der Waals surface area contributed by atoms with Crippen LogP contribution in [0.3, 0.4) is 0 Å². The molecule has 6 nitrogen and oxygen atoms in total. The first kappa shape index (κ1) is 15.3. The van der Waals surface area contributed by atoms with Gasteiger partial charge in [-0.15, -0.1) is 0 Å². The van der Waals surface area contributed by atoms with Gasteiger partial charge >= 0.3 is 0 Å². The van der Waals surface area contributed by atoms with E-state index < -0.39 is 5.54 Å². The first-order chi connectivity index (χ1) is 10.9. The Labute approximate surface area is 135 Å². The second-order valence-corrected chi connectivity index (χ2v) is 6.10. The van der Waals surface area contributed by atoms with Gasteiger partial charge in [0.25, 0.3) is 0 Å². The van der Waals surface area contributed by atoms with Gasteiger partial charge in [-0.05, 0) is 25.5 Å². The first-order valence-corrected chi connectivity index (χ1v) is 7.65. The molecule has 1 aromatic heterocycles. The molecule has 0 saturated carbocycles. The van der Waals surface area contributed by atoms with Crippen molar-refractivity contribution in [2.45, 2.75) is 32.4 Å². The molecule has 6 heteroatoms. The van der Waals surface area contributed by atoms with Crippen molar-refractivity contribution in [1.82, 2.24) is 20.0 Å². The van der Waals surface area contributed by atoms with Gasteiger partial charge in [0.2, 0.25) is 5.91 Å². The second kappa shape index (κ2) is 5.53. The van der Waals surface area contributed by atoms with Gasteiger partial charge in [0.1, 0.15) is 0 Å². The topological polar surface area (TPSA) is 74.0 Å². The molecule has 1 aliphatic rings. The number of guanidine groups is 1. The predicted molar refractivity (Wildman–Crippen MR) is 90.1 cm³/mol. The normalized spacial score (nSPS) is 22.1. The molecule has 1 amide bonds. The summed E-state index contributed by atoms with van der Waals surface area (Å²) in [6.45, 7) is 4.66. The maximum Gasteiger partial charge on any atom is 0.231 e. The lowest BCUT2D eigenvalue weighted by Crippen LogP contribution is -2.58. The van der Waals surface area contributed by atoms with Crippen molar-refractivity contribution in [1.29, 1.82) is 5.41 Å². The highest BCUT2D eigenvalue weighted by atomic mass is 16.2. The Kier molecular flexibility index (Phi) is 3.67. The Morgan fingerprint density at radius 1 is 1.48 bits per heavy atom. The molecule has 0 aliphatic carbocycles. The molecule has 0 unspecified atom stereocenters. The van der Waals surface area contributed by atoms with E-state index >= 15 is 0 Å². The number of hydrogen-bond donors (Lipinski definition) is 2. The van der Waals surface area contributed by atoms with Crippen LogP contribution in [0.5, 0.6) is 0 Å². The molecule has 0 bridgehead atoms. The fraction of sp³-hybridized carbons (Fsp3) is 0.353. The number of carbonyl (C=O) groups is 1. The van der Waals surface area contributed by atoms with Crippen LogP contribution in [-0.2, 0) is 16.9 Å². The van der Waals surface area contributed by atoms with Gasteiger partial charge in [0.05, 0.1) is 30.2 Å². The lowest BCUT2D eigenvalue weighted by atomic mass is 9.86. The third kappa shape index (κ3) is 2.60. The molecule has 2 heterocycles. The molecule has 1 atom stereocenters. The van der Waals surface area contributed by atoms with Crippen molar-refractivity contribution in [3.8, 4) is 0 Å². The number of allylic oxidation sites excluding steroid dienone is 2. The standard InChI is InChI=1S/C17H21N5O/c1-4-5-8-22-14-9-13(7-6-12(14)11-19-22)17(2)10-15(23)21(3)16(18)20-17/h4-7,9,11H,8,10H2,1-3H3,(H2,18,20)/b5-4+/t17-/m0/s1. The maximum absolute atomic E-state index is 12.1. The molecule has 1 aliphatic heterocycles. The number of nitrogens with zero attached hydrogens (tertiary/aromatic N) is 3. The molecule has 2 N–H and O–H groups in total. The van der Waals surface area contributed by atoms with Crippen molar-refractivity contribution < 1.29 is 4.79 Å². The number of carbonyl (C=O) groups excluding carboxylic acids is 1. The Hall–Kier alpha value is -2.63. The largest absolute Gasteiger partial charge is 0.346 e. The average molecular weight is 311 g/mol. The Balaban J connectivity index is 2.02. The van der Waals surface area contributed by atoms with Crippen molar-refractivity contribution in [2.75, 3.05) is 7.05 Å². The third-order valence-electron chi connectivity index (χ3n) is 4.40. The number of nitrogens with one attached hydrogen (secondary N) is 2. The van der Waals surface area contributed by atoms with Crippen molar-refractivity contribution in [3.05, 3.63) is 42.1 Å². The van der Waals surface area contributed by atoms with E-state index in [1.807, 2.05) is 49.0 Å². The third-order valence-corrected chi connectivity index (χ3v) is 4.40. The summed E-state index contributed by atoms with van der Waals surface area (Å²) in [6.07, 6.45) is 6.21. The monoisotopic (exact) mass is 311 g/mol. The van der Waals surface area contributed by atoms with Gasteiger partial charge in [-0.3, -0.25) is 19.8 Å². The zero-order chi connectivity index (χ0) is 16.6. The smallest absolute Gasteiger partial charge is 0.231 e. The highest BCUT2D eigenvalue weighted by Gasteiger charge is 2.38. The van der Waals surface area contributed by atoms with Crippen LogP contribution in [0.15, 0.2) is 36.5 Å². The molecule has 23 heavy (non-hydrogen) atoms. The van der Waals surface area contributed by atoms with Crippen LogP contribution in [0, 0.1) is 5.41 Å². The Bertz CT molecular complexity index is 786. The lowest BCUT2D eigenvalue weighted by Gasteiger charge is -2.39. The van der Waals surface area contributed by atoms with Gasteiger partial charge < -0.3 is 5.32 Å². The van der Waals surface area contributed by atoms with Gasteiger partial charge in [0.15, 0.2) is 5.96 Å². The molecular formula is C17H21N5O. The minimum absolute atomic E-state index is 0.0567. The number of aromatic nitrogens is 2. The van der Waals surface area contributed by atoms with Crippen molar-refractivity contribution in [3.63, 3.8) is 0 Å². The van der Waals surface area contributed by atoms with Crippen LogP contribution >= 0.6 is 0 Å². The fourth-order valence-corrected chi connectivity index (χ4v) is 2.87. The summed E-state index contributed by atoms with van der Waals surface area (Å²) in [4.78, 5) is 13.5. The lowest BCUT2D eigenvalue weighted by molar-refractivity contribution is -0.129. The molecule has 1 fully saturated rings. The van der Waals surface area contributed by atoms with Gasteiger partial charge in [-0.2, -0.15) is 5.10 Å². The van der Waals surface area contributed by atoms with E-state index in [4.69, 9.17) is 5.41 Å². The van der Waals surface area contributed by atoms with Crippen LogP contribution in [0.1, 0.15) is 25.8 Å². The molecule has 0 spiro atoms. The summed E-state index contributed by atoms with van der Waals surface area (Å²) in [5.74, 6) is 0.0741. The fourth-order valence-electron chi connectivity index (χ4n) is 2.87. The molecule has 0 radical (unpaired) electrons. The summed E-state index contributed by atoms with van der Waals surface area (Å²) in [5, 5.41) is 16.6. The Morgan fingerprint density at radius 3 is 2.96 bits per heavy atom. The minimum atomic E-state index is -0.579. The number of fused-ring (bicyclic) bond motifs is 1. The van der Waals surface area contributed by atoms with Crippen LogP contribution in [0.25, 0.3) is 10.9 Å². The number of amides is 1. The summed E-state index contributed by atoms with van der Waals surface area (Å²) < 4.78 is 1.93. The van der Waals surface area contributed by atoms with E-state index in [2.05, 4.69) is 16.5 Å². The van der Waals surface area contributed by atoms with Crippen LogP contribution in [0.4, 0.5) is 0 Å². The quantitative estimate of drug-likeness (QED) is 0.854. The highest BCUT2D eigenvalue weighted by molar-refractivity contribution is 5.99. The molecular weight excluding hydrogens is 290 g/mol. The van der Waals surface area contributed by atoms with E-state index in [-0.39, 0.29) is 11.9 Å². The molecule has 3 rings (SSSR count). The van der Waals surface area contributed by atoms with Gasteiger partial charge in [-0.1, -0.05) is 24.3 Å². The zero-order valence-corrected chi connectivity index (χ0v) is 13.6. The second-order valence-electron chi connectivity index (χ2n) is 6.10. The summed E-state index contributed by atoms with van der Waals surface area (Å²) in [7, 11) is 1.62. The summed E-state index contributed by atoms with van der Waals surface area (Å²) in [5.41, 5.74) is 1.44. The summed E-state index contributed by atoms with van der Waals surface area (Å²) >= 11 is 0. The molecule has 2 aromatic rings.